The van der Waals surface area contributed by atoms with Gasteiger partial charge >= 0.3 is 5.97 Å². The van der Waals surface area contributed by atoms with Crippen molar-refractivity contribution in [1.29, 1.82) is 0 Å². The van der Waals surface area contributed by atoms with Gasteiger partial charge in [0.1, 0.15) is 11.5 Å². The first-order valence-corrected chi connectivity index (χ1v) is 10.4. The van der Waals surface area contributed by atoms with Crippen molar-refractivity contribution in [2.45, 2.75) is 12.8 Å². The van der Waals surface area contributed by atoms with Crippen LogP contribution in [0.4, 0.5) is 0 Å². The first-order valence-electron chi connectivity index (χ1n) is 10.4. The van der Waals surface area contributed by atoms with Crippen LogP contribution in [0.25, 0.3) is 6.08 Å². The summed E-state index contributed by atoms with van der Waals surface area (Å²) in [5.41, 5.74) is 0.920. The number of nitrogens with one attached hydrogen (secondary N) is 1. The van der Waals surface area contributed by atoms with E-state index in [0.29, 0.717) is 46.3 Å². The summed E-state index contributed by atoms with van der Waals surface area (Å²) in [6.45, 7) is -0.0185. The van der Waals surface area contributed by atoms with Crippen molar-refractivity contribution >= 4 is 23.7 Å². The Morgan fingerprint density at radius 3 is 2.50 bits per heavy atom. The number of hydrogen-bond donors (Lipinski definition) is 2. The molecule has 0 fully saturated rings. The fraction of sp³-hybridized carbons (Fsp3) is 0.292. The Kier molecular flexibility index (Phi) is 7.96. The Labute approximate surface area is 196 Å². The smallest absolute Gasteiger partial charge is 0.303 e. The van der Waals surface area contributed by atoms with Gasteiger partial charge in [-0.05, 0) is 36.8 Å². The predicted molar refractivity (Wildman–Crippen MR) is 121 cm³/mol. The van der Waals surface area contributed by atoms with Crippen molar-refractivity contribution < 1.29 is 43.2 Å². The number of rotatable bonds is 11. The number of methoxy groups -OCH3 is 3. The first-order chi connectivity index (χ1) is 16.4. The summed E-state index contributed by atoms with van der Waals surface area (Å²) in [5, 5.41) is 11.2. The molecular weight excluding hydrogens is 446 g/mol. The minimum absolute atomic E-state index is 0.0254. The fourth-order valence-corrected chi connectivity index (χ4v) is 3.30. The highest BCUT2D eigenvalue weighted by Crippen LogP contribution is 2.42. The Balaban J connectivity index is 1.69. The van der Waals surface area contributed by atoms with E-state index in [2.05, 4.69) is 5.32 Å². The Morgan fingerprint density at radius 2 is 1.82 bits per heavy atom. The molecule has 1 aliphatic rings. The van der Waals surface area contributed by atoms with Crippen molar-refractivity contribution in [2.24, 2.45) is 0 Å². The van der Waals surface area contributed by atoms with Gasteiger partial charge < -0.3 is 34.1 Å². The molecule has 0 aromatic heterocycles. The number of ether oxygens (including phenoxy) is 5. The molecule has 3 rings (SSSR count). The first kappa shape index (κ1) is 24.4. The molecule has 2 N–H and O–H groups in total. The number of carboxylic acids is 1. The maximum atomic E-state index is 12.8. The summed E-state index contributed by atoms with van der Waals surface area (Å²) >= 11 is 0. The highest BCUT2D eigenvalue weighted by atomic mass is 16.5. The number of fused-ring (bicyclic) bond motifs is 1. The predicted octanol–water partition coefficient (Wildman–Crippen LogP) is 2.69. The maximum absolute atomic E-state index is 12.8. The second kappa shape index (κ2) is 11.1. The van der Waals surface area contributed by atoms with E-state index in [4.69, 9.17) is 28.8 Å². The molecule has 0 saturated carbocycles. The third-order valence-electron chi connectivity index (χ3n) is 4.92. The van der Waals surface area contributed by atoms with Crippen molar-refractivity contribution in [3.05, 3.63) is 47.2 Å². The van der Waals surface area contributed by atoms with E-state index in [1.54, 1.807) is 30.3 Å². The zero-order valence-electron chi connectivity index (χ0n) is 19.0. The number of carboxylic acid groups (broad SMARTS) is 1. The van der Waals surface area contributed by atoms with Crippen LogP contribution in [0.5, 0.6) is 28.7 Å². The number of hydrogen-bond acceptors (Lipinski definition) is 8. The monoisotopic (exact) mass is 471 g/mol. The van der Waals surface area contributed by atoms with Crippen molar-refractivity contribution in [1.82, 2.24) is 5.32 Å². The van der Waals surface area contributed by atoms with E-state index < -0.39 is 5.97 Å². The van der Waals surface area contributed by atoms with Gasteiger partial charge in [0.15, 0.2) is 23.9 Å². The molecule has 34 heavy (non-hydrogen) atoms. The average Bonchev–Trinajstić information content (AvgIpc) is 3.14. The van der Waals surface area contributed by atoms with Crippen molar-refractivity contribution in [3.63, 3.8) is 0 Å². The standard InChI is InChI=1S/C24H25NO9/c1-30-17-9-6-14(23(31-2)24(17)32-3)11-19-22(29)16-8-7-15(12-18(16)34-19)33-13-20(26)25-10-4-5-21(27)28/h6-9,11-12H,4-5,10,13H2,1-3H3,(H,25,26)(H,27,28). The van der Waals surface area contributed by atoms with Gasteiger partial charge in [0, 0.05) is 24.6 Å². The quantitative estimate of drug-likeness (QED) is 0.375. The molecule has 2 aromatic rings. The lowest BCUT2D eigenvalue weighted by molar-refractivity contribution is -0.137. The van der Waals surface area contributed by atoms with E-state index in [9.17, 15) is 14.4 Å². The zero-order chi connectivity index (χ0) is 24.7. The third-order valence-corrected chi connectivity index (χ3v) is 4.92. The van der Waals surface area contributed by atoms with E-state index in [1.807, 2.05) is 0 Å². The fourth-order valence-electron chi connectivity index (χ4n) is 3.30. The van der Waals surface area contributed by atoms with Gasteiger partial charge in [-0.1, -0.05) is 0 Å². The number of carbonyl (C=O) groups is 3. The largest absolute Gasteiger partial charge is 0.493 e. The minimum atomic E-state index is -0.920. The number of ketones is 1. The van der Waals surface area contributed by atoms with Gasteiger partial charge in [0.25, 0.3) is 5.91 Å². The number of amides is 1. The van der Waals surface area contributed by atoms with Crippen LogP contribution in [0.1, 0.15) is 28.8 Å². The topological polar surface area (TPSA) is 130 Å². The van der Waals surface area contributed by atoms with E-state index in [0.717, 1.165) is 0 Å². The highest BCUT2D eigenvalue weighted by Gasteiger charge is 2.28. The van der Waals surface area contributed by atoms with Crippen LogP contribution < -0.4 is 29.0 Å². The molecular formula is C24H25NO9. The van der Waals surface area contributed by atoms with Gasteiger partial charge in [0.2, 0.25) is 11.5 Å². The Morgan fingerprint density at radius 1 is 1.06 bits per heavy atom. The molecule has 0 atom stereocenters. The summed E-state index contributed by atoms with van der Waals surface area (Å²) in [6.07, 6.45) is 1.85. The second-order valence-corrected chi connectivity index (χ2v) is 7.16. The molecule has 1 heterocycles. The molecule has 0 unspecified atom stereocenters. The number of carbonyl (C=O) groups excluding carboxylic acids is 2. The average molecular weight is 471 g/mol. The van der Waals surface area contributed by atoms with Crippen LogP contribution in [0.3, 0.4) is 0 Å². The van der Waals surface area contributed by atoms with Crippen LogP contribution in [0, 0.1) is 0 Å². The van der Waals surface area contributed by atoms with E-state index >= 15 is 0 Å². The number of benzene rings is 2. The summed E-state index contributed by atoms with van der Waals surface area (Å²) < 4.78 is 27.3. The SMILES string of the molecule is COc1ccc(C=C2Oc3cc(OCC(=O)NCCCC(=O)O)ccc3C2=O)c(OC)c1OC. The lowest BCUT2D eigenvalue weighted by Gasteiger charge is -2.14. The van der Waals surface area contributed by atoms with Crippen LogP contribution in [-0.2, 0) is 9.59 Å². The van der Waals surface area contributed by atoms with Crippen LogP contribution in [-0.4, -0.2) is 57.2 Å². The summed E-state index contributed by atoms with van der Waals surface area (Å²) in [7, 11) is 4.48. The number of Topliss-reactive ketones (excluding diaryl/α,β-unsaturated/α-hetero) is 1. The van der Waals surface area contributed by atoms with Crippen molar-refractivity contribution in [3.8, 4) is 28.7 Å². The molecule has 10 heteroatoms. The molecule has 2 aromatic carbocycles. The second-order valence-electron chi connectivity index (χ2n) is 7.16. The van der Waals surface area contributed by atoms with E-state index in [1.165, 1.54) is 27.4 Å². The Bertz CT molecular complexity index is 1120. The third kappa shape index (κ3) is 5.58. The van der Waals surface area contributed by atoms with Crippen molar-refractivity contribution in [2.75, 3.05) is 34.5 Å². The molecule has 1 aliphatic heterocycles. The van der Waals surface area contributed by atoms with Gasteiger partial charge in [-0.15, -0.1) is 0 Å². The molecule has 0 bridgehead atoms. The molecule has 0 spiro atoms. The van der Waals surface area contributed by atoms with Gasteiger partial charge in [-0.25, -0.2) is 0 Å². The lowest BCUT2D eigenvalue weighted by Crippen LogP contribution is -2.29. The summed E-state index contributed by atoms with van der Waals surface area (Å²) in [5.74, 6) is 0.381. The normalized spacial score (nSPS) is 13.1. The van der Waals surface area contributed by atoms with Gasteiger partial charge in [0.05, 0.1) is 26.9 Å². The van der Waals surface area contributed by atoms with E-state index in [-0.39, 0.29) is 37.0 Å². The van der Waals surface area contributed by atoms with Crippen LogP contribution in [0.2, 0.25) is 0 Å². The summed E-state index contributed by atoms with van der Waals surface area (Å²) in [4.78, 5) is 35.2. The summed E-state index contributed by atoms with van der Waals surface area (Å²) in [6, 6.07) is 8.06. The minimum Gasteiger partial charge on any atom is -0.493 e. The maximum Gasteiger partial charge on any atom is 0.303 e. The van der Waals surface area contributed by atoms with Crippen LogP contribution in [0.15, 0.2) is 36.1 Å². The van der Waals surface area contributed by atoms with Gasteiger partial charge in [-0.2, -0.15) is 0 Å². The highest BCUT2D eigenvalue weighted by molar-refractivity contribution is 6.14. The van der Waals surface area contributed by atoms with Crippen LogP contribution >= 0.6 is 0 Å². The Hall–Kier alpha value is -4.21. The molecule has 0 aliphatic carbocycles. The molecule has 1 amide bonds. The number of aliphatic carboxylic acids is 1. The molecule has 180 valence electrons. The molecule has 0 saturated heterocycles. The van der Waals surface area contributed by atoms with Gasteiger partial charge in [-0.3, -0.25) is 14.4 Å². The molecule has 0 radical (unpaired) electrons. The number of allylic oxidation sites excluding steroid dienone is 1. The molecule has 10 nitrogen and oxygen atoms in total. The lowest BCUT2D eigenvalue weighted by atomic mass is 10.1. The zero-order valence-corrected chi connectivity index (χ0v) is 19.0.